The number of oxime groups is 1. The number of amidine groups is 1. The second-order valence-corrected chi connectivity index (χ2v) is 5.28. The molecular formula is C13H29N3O2. The van der Waals surface area contributed by atoms with Crippen molar-refractivity contribution in [3.63, 3.8) is 0 Å². The SMILES string of the molecule is COCCCCCNCCCC(C)(C)C(N)=NO. The van der Waals surface area contributed by atoms with Crippen LogP contribution in [0.1, 0.15) is 46.0 Å². The number of ether oxygens (including phenoxy) is 1. The molecule has 4 N–H and O–H groups in total. The van der Waals surface area contributed by atoms with Crippen LogP contribution in [0.25, 0.3) is 0 Å². The fraction of sp³-hybridized carbons (Fsp3) is 0.923. The molecule has 0 aromatic rings. The Bertz CT molecular complexity index is 230. The van der Waals surface area contributed by atoms with Crippen molar-refractivity contribution < 1.29 is 9.94 Å². The van der Waals surface area contributed by atoms with Gasteiger partial charge in [-0.25, -0.2) is 0 Å². The van der Waals surface area contributed by atoms with Crippen LogP contribution in [0.4, 0.5) is 0 Å². The number of nitrogens with two attached hydrogens (primary N) is 1. The molecule has 0 amide bonds. The van der Waals surface area contributed by atoms with E-state index >= 15 is 0 Å². The number of nitrogens with one attached hydrogen (secondary N) is 1. The second-order valence-electron chi connectivity index (χ2n) is 5.28. The van der Waals surface area contributed by atoms with Crippen molar-refractivity contribution in [2.45, 2.75) is 46.0 Å². The summed E-state index contributed by atoms with van der Waals surface area (Å²) < 4.78 is 4.99. The third-order valence-electron chi connectivity index (χ3n) is 3.16. The Labute approximate surface area is 111 Å². The normalized spacial score (nSPS) is 12.9. The summed E-state index contributed by atoms with van der Waals surface area (Å²) in [5.41, 5.74) is 5.40. The molecule has 0 saturated carbocycles. The third-order valence-corrected chi connectivity index (χ3v) is 3.16. The van der Waals surface area contributed by atoms with Gasteiger partial charge in [-0.1, -0.05) is 19.0 Å². The van der Waals surface area contributed by atoms with E-state index in [2.05, 4.69) is 10.5 Å². The van der Waals surface area contributed by atoms with Gasteiger partial charge in [0.25, 0.3) is 0 Å². The van der Waals surface area contributed by atoms with Gasteiger partial charge in [0, 0.05) is 19.1 Å². The van der Waals surface area contributed by atoms with Crippen LogP contribution in [0.5, 0.6) is 0 Å². The lowest BCUT2D eigenvalue weighted by atomic mass is 9.86. The van der Waals surface area contributed by atoms with Gasteiger partial charge in [-0.05, 0) is 45.2 Å². The quantitative estimate of drug-likeness (QED) is 0.174. The molecule has 0 aliphatic heterocycles. The van der Waals surface area contributed by atoms with E-state index in [1.165, 1.54) is 12.8 Å². The van der Waals surface area contributed by atoms with Gasteiger partial charge in [-0.2, -0.15) is 0 Å². The van der Waals surface area contributed by atoms with E-state index in [-0.39, 0.29) is 5.41 Å². The summed E-state index contributed by atoms with van der Waals surface area (Å²) in [5, 5.41) is 15.1. The zero-order valence-electron chi connectivity index (χ0n) is 12.0. The van der Waals surface area contributed by atoms with E-state index in [0.717, 1.165) is 39.0 Å². The number of rotatable bonds is 11. The highest BCUT2D eigenvalue weighted by atomic mass is 16.5. The van der Waals surface area contributed by atoms with Gasteiger partial charge in [0.1, 0.15) is 5.84 Å². The monoisotopic (exact) mass is 259 g/mol. The molecule has 18 heavy (non-hydrogen) atoms. The van der Waals surface area contributed by atoms with Crippen molar-refractivity contribution in [3.05, 3.63) is 0 Å². The summed E-state index contributed by atoms with van der Waals surface area (Å²) in [6.07, 6.45) is 5.47. The number of unbranched alkanes of at least 4 members (excludes halogenated alkanes) is 2. The van der Waals surface area contributed by atoms with Crippen LogP contribution in [0, 0.1) is 5.41 Å². The molecule has 0 heterocycles. The highest BCUT2D eigenvalue weighted by Gasteiger charge is 2.22. The largest absolute Gasteiger partial charge is 0.409 e. The number of methoxy groups -OCH3 is 1. The van der Waals surface area contributed by atoms with Crippen LogP contribution >= 0.6 is 0 Å². The van der Waals surface area contributed by atoms with Crippen molar-refractivity contribution in [2.24, 2.45) is 16.3 Å². The maximum atomic E-state index is 8.65. The molecule has 0 aliphatic rings. The van der Waals surface area contributed by atoms with E-state index in [1.54, 1.807) is 7.11 Å². The van der Waals surface area contributed by atoms with Crippen LogP contribution in [-0.2, 0) is 4.74 Å². The molecular weight excluding hydrogens is 230 g/mol. The topological polar surface area (TPSA) is 79.9 Å². The van der Waals surface area contributed by atoms with Gasteiger partial charge in [-0.3, -0.25) is 0 Å². The highest BCUT2D eigenvalue weighted by Crippen LogP contribution is 2.21. The van der Waals surface area contributed by atoms with Gasteiger partial charge in [0.2, 0.25) is 0 Å². The van der Waals surface area contributed by atoms with Crippen LogP contribution in [0.3, 0.4) is 0 Å². The van der Waals surface area contributed by atoms with Crippen molar-refractivity contribution in [3.8, 4) is 0 Å². The van der Waals surface area contributed by atoms with Crippen molar-refractivity contribution in [2.75, 3.05) is 26.8 Å². The van der Waals surface area contributed by atoms with E-state index in [0.29, 0.717) is 5.84 Å². The third kappa shape index (κ3) is 8.31. The van der Waals surface area contributed by atoms with E-state index in [4.69, 9.17) is 15.7 Å². The minimum Gasteiger partial charge on any atom is -0.409 e. The molecule has 108 valence electrons. The Balaban J connectivity index is 3.40. The summed E-state index contributed by atoms with van der Waals surface area (Å²) in [6, 6.07) is 0. The number of hydrogen-bond donors (Lipinski definition) is 3. The Hall–Kier alpha value is -0.810. The zero-order valence-corrected chi connectivity index (χ0v) is 12.0. The Morgan fingerprint density at radius 1 is 1.22 bits per heavy atom. The summed E-state index contributed by atoms with van der Waals surface area (Å²) in [6.45, 7) is 6.87. The first-order valence-corrected chi connectivity index (χ1v) is 6.72. The zero-order chi connectivity index (χ0) is 13.9. The molecule has 0 spiro atoms. The van der Waals surface area contributed by atoms with E-state index in [1.807, 2.05) is 13.8 Å². The first-order valence-electron chi connectivity index (χ1n) is 6.72. The summed E-state index contributed by atoms with van der Waals surface area (Å²) in [4.78, 5) is 0. The van der Waals surface area contributed by atoms with Crippen molar-refractivity contribution in [1.82, 2.24) is 5.32 Å². The van der Waals surface area contributed by atoms with Crippen LogP contribution in [0.15, 0.2) is 5.16 Å². The van der Waals surface area contributed by atoms with Gasteiger partial charge >= 0.3 is 0 Å². The molecule has 0 fully saturated rings. The molecule has 0 rings (SSSR count). The lowest BCUT2D eigenvalue weighted by Gasteiger charge is -2.22. The molecule has 0 unspecified atom stereocenters. The standard InChI is InChI=1S/C13H29N3O2/c1-13(2,12(14)16-17)8-7-10-15-9-5-4-6-11-18-3/h15,17H,4-11H2,1-3H3,(H2,14,16). The maximum Gasteiger partial charge on any atom is 0.144 e. The van der Waals surface area contributed by atoms with Crippen molar-refractivity contribution >= 4 is 5.84 Å². The van der Waals surface area contributed by atoms with Gasteiger partial charge in [0.05, 0.1) is 0 Å². The fourth-order valence-electron chi connectivity index (χ4n) is 1.72. The van der Waals surface area contributed by atoms with Crippen LogP contribution < -0.4 is 11.1 Å². The second kappa shape index (κ2) is 10.1. The van der Waals surface area contributed by atoms with Gasteiger partial charge in [0.15, 0.2) is 0 Å². The predicted molar refractivity (Wildman–Crippen MR) is 75.0 cm³/mol. The first-order chi connectivity index (χ1) is 8.54. The summed E-state index contributed by atoms with van der Waals surface area (Å²) >= 11 is 0. The molecule has 5 nitrogen and oxygen atoms in total. The molecule has 0 aliphatic carbocycles. The van der Waals surface area contributed by atoms with E-state index < -0.39 is 0 Å². The lowest BCUT2D eigenvalue weighted by molar-refractivity contribution is 0.192. The molecule has 0 aromatic heterocycles. The van der Waals surface area contributed by atoms with Gasteiger partial charge < -0.3 is 21.0 Å². The fourth-order valence-corrected chi connectivity index (χ4v) is 1.72. The predicted octanol–water partition coefficient (Wildman–Crippen LogP) is 1.95. The van der Waals surface area contributed by atoms with Crippen LogP contribution in [-0.4, -0.2) is 37.8 Å². The Morgan fingerprint density at radius 3 is 2.50 bits per heavy atom. The minimum atomic E-state index is -0.227. The molecule has 0 saturated heterocycles. The Morgan fingerprint density at radius 2 is 1.89 bits per heavy atom. The molecule has 0 radical (unpaired) electrons. The first kappa shape index (κ1) is 17.2. The van der Waals surface area contributed by atoms with Gasteiger partial charge in [-0.15, -0.1) is 0 Å². The smallest absolute Gasteiger partial charge is 0.144 e. The lowest BCUT2D eigenvalue weighted by Crippen LogP contribution is -2.32. The molecule has 0 atom stereocenters. The minimum absolute atomic E-state index is 0.227. The molecule has 5 heteroatoms. The summed E-state index contributed by atoms with van der Waals surface area (Å²) in [5.74, 6) is 0.307. The maximum absolute atomic E-state index is 8.65. The van der Waals surface area contributed by atoms with Crippen LogP contribution in [0.2, 0.25) is 0 Å². The number of hydrogen-bond acceptors (Lipinski definition) is 4. The summed E-state index contributed by atoms with van der Waals surface area (Å²) in [7, 11) is 1.74. The highest BCUT2D eigenvalue weighted by molar-refractivity contribution is 5.85. The van der Waals surface area contributed by atoms with E-state index in [9.17, 15) is 0 Å². The number of nitrogens with zero attached hydrogens (tertiary/aromatic N) is 1. The average Bonchev–Trinajstić information content (AvgIpc) is 2.35. The average molecular weight is 259 g/mol. The van der Waals surface area contributed by atoms with Crippen molar-refractivity contribution in [1.29, 1.82) is 0 Å². The molecule has 0 aromatic carbocycles. The Kier molecular flexibility index (Phi) is 9.69. The molecule has 0 bridgehead atoms.